The van der Waals surface area contributed by atoms with Gasteiger partial charge in [-0.1, -0.05) is 6.07 Å². The molecule has 1 N–H and O–H groups in total. The molecule has 17 heavy (non-hydrogen) atoms. The van der Waals surface area contributed by atoms with Crippen molar-refractivity contribution in [2.75, 3.05) is 13.6 Å². The van der Waals surface area contributed by atoms with Crippen LogP contribution in [0, 0.1) is 0 Å². The monoisotopic (exact) mass is 243 g/mol. The molecule has 0 amide bonds. The Morgan fingerprint density at radius 2 is 2.00 bits per heavy atom. The van der Waals surface area contributed by atoms with E-state index in [9.17, 15) is 13.2 Å². The van der Waals surface area contributed by atoms with E-state index in [1.165, 1.54) is 6.07 Å². The van der Waals surface area contributed by atoms with E-state index in [4.69, 9.17) is 4.42 Å². The van der Waals surface area contributed by atoms with E-state index < -0.39 is 11.7 Å². The molecule has 1 aromatic carbocycles. The molecule has 2 aromatic rings. The maximum atomic E-state index is 12.5. The van der Waals surface area contributed by atoms with Crippen molar-refractivity contribution in [1.29, 1.82) is 0 Å². The van der Waals surface area contributed by atoms with Crippen molar-refractivity contribution in [3.63, 3.8) is 0 Å². The SMILES string of the molecule is CNCCc1cc2ccc(C(F)(F)F)cc2o1. The molecule has 2 rings (SSSR count). The van der Waals surface area contributed by atoms with Crippen molar-refractivity contribution in [3.05, 3.63) is 35.6 Å². The van der Waals surface area contributed by atoms with Crippen LogP contribution in [0.1, 0.15) is 11.3 Å². The van der Waals surface area contributed by atoms with Gasteiger partial charge in [0.05, 0.1) is 5.56 Å². The van der Waals surface area contributed by atoms with Crippen molar-refractivity contribution in [3.8, 4) is 0 Å². The highest BCUT2D eigenvalue weighted by Gasteiger charge is 2.30. The van der Waals surface area contributed by atoms with Gasteiger partial charge in [-0.2, -0.15) is 13.2 Å². The molecule has 0 spiro atoms. The van der Waals surface area contributed by atoms with E-state index in [1.54, 1.807) is 6.07 Å². The van der Waals surface area contributed by atoms with Gasteiger partial charge in [-0.25, -0.2) is 0 Å². The Morgan fingerprint density at radius 3 is 2.65 bits per heavy atom. The zero-order valence-electron chi connectivity index (χ0n) is 9.27. The van der Waals surface area contributed by atoms with E-state index >= 15 is 0 Å². The van der Waals surface area contributed by atoms with E-state index in [-0.39, 0.29) is 5.58 Å². The Morgan fingerprint density at radius 1 is 1.24 bits per heavy atom. The quantitative estimate of drug-likeness (QED) is 0.895. The molecule has 0 aliphatic carbocycles. The number of hydrogen-bond acceptors (Lipinski definition) is 2. The summed E-state index contributed by atoms with van der Waals surface area (Å²) < 4.78 is 42.8. The highest BCUT2D eigenvalue weighted by molar-refractivity contribution is 5.78. The number of hydrogen-bond donors (Lipinski definition) is 1. The molecule has 0 saturated carbocycles. The number of halogens is 3. The second-order valence-electron chi connectivity index (χ2n) is 3.82. The molecular formula is C12H12F3NO. The number of alkyl halides is 3. The number of benzene rings is 1. The van der Waals surface area contributed by atoms with Crippen LogP contribution in [-0.2, 0) is 12.6 Å². The first-order valence-corrected chi connectivity index (χ1v) is 5.25. The number of likely N-dealkylation sites (N-methyl/N-ethyl adjacent to an activating group) is 1. The maximum absolute atomic E-state index is 12.5. The first-order chi connectivity index (χ1) is 8.00. The molecule has 5 heteroatoms. The van der Waals surface area contributed by atoms with Gasteiger partial charge in [-0.15, -0.1) is 0 Å². The molecule has 92 valence electrons. The molecule has 1 heterocycles. The van der Waals surface area contributed by atoms with Gasteiger partial charge in [0.1, 0.15) is 11.3 Å². The summed E-state index contributed by atoms with van der Waals surface area (Å²) in [6.45, 7) is 0.728. The van der Waals surface area contributed by atoms with Gasteiger partial charge in [0.2, 0.25) is 0 Å². The number of furan rings is 1. The summed E-state index contributed by atoms with van der Waals surface area (Å²) in [5.41, 5.74) is -0.398. The summed E-state index contributed by atoms with van der Waals surface area (Å²) in [5, 5.41) is 3.65. The molecule has 0 radical (unpaired) electrons. The lowest BCUT2D eigenvalue weighted by atomic mass is 10.1. The van der Waals surface area contributed by atoms with Crippen molar-refractivity contribution < 1.29 is 17.6 Å². The topological polar surface area (TPSA) is 25.2 Å². The largest absolute Gasteiger partial charge is 0.461 e. The fraction of sp³-hybridized carbons (Fsp3) is 0.333. The Bertz CT molecular complexity index is 516. The smallest absolute Gasteiger partial charge is 0.416 e. The summed E-state index contributed by atoms with van der Waals surface area (Å²) >= 11 is 0. The third-order valence-corrected chi connectivity index (χ3v) is 2.52. The average molecular weight is 243 g/mol. The fourth-order valence-corrected chi connectivity index (χ4v) is 1.63. The third kappa shape index (κ3) is 2.61. The van der Waals surface area contributed by atoms with Crippen LogP contribution >= 0.6 is 0 Å². The predicted molar refractivity (Wildman–Crippen MR) is 58.8 cm³/mol. The van der Waals surface area contributed by atoms with Crippen molar-refractivity contribution in [1.82, 2.24) is 5.32 Å². The average Bonchev–Trinajstić information content (AvgIpc) is 2.66. The lowest BCUT2D eigenvalue weighted by Gasteiger charge is -2.04. The fourth-order valence-electron chi connectivity index (χ4n) is 1.63. The summed E-state index contributed by atoms with van der Waals surface area (Å²) in [5.74, 6) is 0.689. The Kier molecular flexibility index (Phi) is 3.11. The molecule has 0 atom stereocenters. The second kappa shape index (κ2) is 4.41. The third-order valence-electron chi connectivity index (χ3n) is 2.52. The normalized spacial score (nSPS) is 12.2. The van der Waals surface area contributed by atoms with Crippen molar-refractivity contribution in [2.45, 2.75) is 12.6 Å². The predicted octanol–water partition coefficient (Wildman–Crippen LogP) is 3.21. The molecule has 0 fully saturated rings. The summed E-state index contributed by atoms with van der Waals surface area (Å²) in [6, 6.07) is 5.31. The van der Waals surface area contributed by atoms with E-state index in [0.717, 1.165) is 18.7 Å². The molecule has 0 aliphatic heterocycles. The minimum absolute atomic E-state index is 0.283. The summed E-state index contributed by atoms with van der Waals surface area (Å²) in [4.78, 5) is 0. The van der Waals surface area contributed by atoms with Gasteiger partial charge < -0.3 is 9.73 Å². The molecule has 0 unspecified atom stereocenters. The molecule has 0 saturated heterocycles. The van der Waals surface area contributed by atoms with Gasteiger partial charge >= 0.3 is 6.18 Å². The lowest BCUT2D eigenvalue weighted by Crippen LogP contribution is -2.09. The number of nitrogens with one attached hydrogen (secondary N) is 1. The highest BCUT2D eigenvalue weighted by atomic mass is 19.4. The number of fused-ring (bicyclic) bond motifs is 1. The molecule has 1 aromatic heterocycles. The zero-order valence-corrected chi connectivity index (χ0v) is 9.27. The van der Waals surface area contributed by atoms with Crippen LogP contribution in [0.3, 0.4) is 0 Å². The van der Waals surface area contributed by atoms with Crippen LogP contribution in [0.25, 0.3) is 11.0 Å². The van der Waals surface area contributed by atoms with E-state index in [1.807, 2.05) is 7.05 Å². The first-order valence-electron chi connectivity index (χ1n) is 5.25. The molecule has 2 nitrogen and oxygen atoms in total. The van der Waals surface area contributed by atoms with Crippen LogP contribution in [0.2, 0.25) is 0 Å². The maximum Gasteiger partial charge on any atom is 0.416 e. The summed E-state index contributed by atoms with van der Waals surface area (Å²) in [6.07, 6.45) is -3.67. The Labute approximate surface area is 96.4 Å². The van der Waals surface area contributed by atoms with Gasteiger partial charge in [-0.3, -0.25) is 0 Å². The van der Waals surface area contributed by atoms with Crippen LogP contribution in [-0.4, -0.2) is 13.6 Å². The minimum Gasteiger partial charge on any atom is -0.461 e. The van der Waals surface area contributed by atoms with Gasteiger partial charge in [0, 0.05) is 18.4 Å². The zero-order chi connectivity index (χ0) is 12.5. The standard InChI is InChI=1S/C12H12F3NO/c1-16-5-4-10-6-8-2-3-9(12(13,14)15)7-11(8)17-10/h2-3,6-7,16H,4-5H2,1H3. The van der Waals surface area contributed by atoms with Gasteiger partial charge in [0.25, 0.3) is 0 Å². The minimum atomic E-state index is -4.33. The van der Waals surface area contributed by atoms with E-state index in [2.05, 4.69) is 5.32 Å². The summed E-state index contributed by atoms with van der Waals surface area (Å²) in [7, 11) is 1.81. The first kappa shape index (κ1) is 12.0. The Balaban J connectivity index is 2.34. The molecular weight excluding hydrogens is 231 g/mol. The van der Waals surface area contributed by atoms with Crippen molar-refractivity contribution in [2.24, 2.45) is 0 Å². The number of rotatable bonds is 3. The highest BCUT2D eigenvalue weighted by Crippen LogP contribution is 2.32. The van der Waals surface area contributed by atoms with E-state index in [0.29, 0.717) is 17.6 Å². The van der Waals surface area contributed by atoms with Crippen LogP contribution in [0.15, 0.2) is 28.7 Å². The van der Waals surface area contributed by atoms with Crippen LogP contribution < -0.4 is 5.32 Å². The lowest BCUT2D eigenvalue weighted by molar-refractivity contribution is -0.137. The van der Waals surface area contributed by atoms with Crippen LogP contribution in [0.5, 0.6) is 0 Å². The molecule has 0 bridgehead atoms. The van der Waals surface area contributed by atoms with Gasteiger partial charge in [0.15, 0.2) is 0 Å². The molecule has 0 aliphatic rings. The Hall–Kier alpha value is -1.49. The van der Waals surface area contributed by atoms with Crippen LogP contribution in [0.4, 0.5) is 13.2 Å². The second-order valence-corrected chi connectivity index (χ2v) is 3.82. The van der Waals surface area contributed by atoms with Gasteiger partial charge in [-0.05, 0) is 25.2 Å². The van der Waals surface area contributed by atoms with Crippen molar-refractivity contribution >= 4 is 11.0 Å².